The number of carbonyl (C=O) groups excluding carboxylic acids is 2. The molecule has 0 heterocycles. The normalized spacial score (nSPS) is 12.2. The lowest BCUT2D eigenvalue weighted by atomic mass is 10.0. The van der Waals surface area contributed by atoms with Crippen LogP contribution >= 0.6 is 0 Å². The third-order valence-corrected chi connectivity index (χ3v) is 4.89. The molecule has 2 rings (SSSR count). The number of benzene rings is 2. The highest BCUT2D eigenvalue weighted by Gasteiger charge is 2.26. The fourth-order valence-electron chi connectivity index (χ4n) is 2.57. The second-order valence-corrected chi connectivity index (χ2v) is 7.82. The van der Waals surface area contributed by atoms with E-state index in [9.17, 15) is 18.0 Å². The number of carbonyl (C=O) groups is 2. The van der Waals surface area contributed by atoms with Gasteiger partial charge in [-0.05, 0) is 11.6 Å². The van der Waals surface area contributed by atoms with E-state index in [2.05, 4.69) is 10.1 Å². The number of hydrogen-bond donors (Lipinski definition) is 3. The van der Waals surface area contributed by atoms with Crippen LogP contribution in [0.4, 0.5) is 14.9 Å². The standard InChI is InChI=1S/C18H19FN2O6S/c1-28(25,26)16-12(11-5-3-2-4-6-11)7-8-13(15(16)19)21-17(23)14(9-10-22)27-18(20)24/h2-8,14,22H,9-10H2,1H3,(H2,20,24)(H,21,23)/t14-/m0/s1. The number of anilines is 1. The van der Waals surface area contributed by atoms with Gasteiger partial charge in [0.05, 0.1) is 5.69 Å². The average Bonchev–Trinajstić information content (AvgIpc) is 2.62. The van der Waals surface area contributed by atoms with Gasteiger partial charge < -0.3 is 20.9 Å². The molecule has 8 nitrogen and oxygen atoms in total. The van der Waals surface area contributed by atoms with Crippen molar-refractivity contribution in [2.45, 2.75) is 17.4 Å². The number of hydrogen-bond acceptors (Lipinski definition) is 6. The lowest BCUT2D eigenvalue weighted by Crippen LogP contribution is -2.35. The fourth-order valence-corrected chi connectivity index (χ4v) is 3.60. The highest BCUT2D eigenvalue weighted by Crippen LogP contribution is 2.33. The Bertz CT molecular complexity index is 979. The highest BCUT2D eigenvalue weighted by atomic mass is 32.2. The van der Waals surface area contributed by atoms with Crippen LogP contribution in [0.25, 0.3) is 11.1 Å². The second kappa shape index (κ2) is 8.81. The van der Waals surface area contributed by atoms with E-state index in [4.69, 9.17) is 10.8 Å². The molecule has 0 aliphatic heterocycles. The van der Waals surface area contributed by atoms with E-state index < -0.39 is 50.9 Å². The minimum Gasteiger partial charge on any atom is -0.436 e. The summed E-state index contributed by atoms with van der Waals surface area (Å²) in [5.41, 5.74) is 5.08. The summed E-state index contributed by atoms with van der Waals surface area (Å²) in [6, 6.07) is 10.9. The first-order valence-electron chi connectivity index (χ1n) is 8.11. The van der Waals surface area contributed by atoms with Crippen LogP contribution in [0.3, 0.4) is 0 Å². The van der Waals surface area contributed by atoms with Gasteiger partial charge in [0, 0.05) is 24.8 Å². The molecular weight excluding hydrogens is 391 g/mol. The quantitative estimate of drug-likeness (QED) is 0.635. The third kappa shape index (κ3) is 5.05. The van der Waals surface area contributed by atoms with Crippen molar-refractivity contribution in [1.29, 1.82) is 0 Å². The number of aliphatic hydroxyl groups excluding tert-OH is 1. The van der Waals surface area contributed by atoms with Gasteiger partial charge in [0.2, 0.25) is 0 Å². The predicted molar refractivity (Wildman–Crippen MR) is 99.7 cm³/mol. The van der Waals surface area contributed by atoms with Gasteiger partial charge in [0.25, 0.3) is 5.91 Å². The van der Waals surface area contributed by atoms with Crippen molar-refractivity contribution in [2.24, 2.45) is 5.73 Å². The first kappa shape index (κ1) is 21.3. The Labute approximate surface area is 161 Å². The first-order chi connectivity index (χ1) is 13.1. The van der Waals surface area contributed by atoms with E-state index in [1.807, 2.05) is 0 Å². The fraction of sp³-hybridized carbons (Fsp3) is 0.222. The van der Waals surface area contributed by atoms with Crippen molar-refractivity contribution in [3.63, 3.8) is 0 Å². The molecule has 0 aromatic heterocycles. The van der Waals surface area contributed by atoms with Crippen LogP contribution in [0.5, 0.6) is 0 Å². The number of nitrogens with one attached hydrogen (secondary N) is 1. The minimum atomic E-state index is -3.99. The summed E-state index contributed by atoms with van der Waals surface area (Å²) >= 11 is 0. The van der Waals surface area contributed by atoms with Crippen molar-refractivity contribution >= 4 is 27.5 Å². The molecule has 0 aliphatic carbocycles. The molecule has 2 aromatic carbocycles. The molecule has 4 N–H and O–H groups in total. The maximum atomic E-state index is 15.0. The van der Waals surface area contributed by atoms with Gasteiger partial charge in [-0.1, -0.05) is 36.4 Å². The molecule has 1 atom stereocenters. The molecule has 0 bridgehead atoms. The van der Waals surface area contributed by atoms with Crippen molar-refractivity contribution in [3.8, 4) is 11.1 Å². The molecule has 0 unspecified atom stereocenters. The average molecular weight is 410 g/mol. The number of ether oxygens (including phenoxy) is 1. The smallest absolute Gasteiger partial charge is 0.405 e. The Balaban J connectivity index is 2.47. The second-order valence-electron chi connectivity index (χ2n) is 5.87. The molecule has 0 aliphatic rings. The van der Waals surface area contributed by atoms with Crippen LogP contribution in [-0.4, -0.2) is 44.5 Å². The molecule has 150 valence electrons. The lowest BCUT2D eigenvalue weighted by Gasteiger charge is -2.17. The van der Waals surface area contributed by atoms with Gasteiger partial charge in [-0.15, -0.1) is 0 Å². The van der Waals surface area contributed by atoms with Gasteiger partial charge >= 0.3 is 6.09 Å². The summed E-state index contributed by atoms with van der Waals surface area (Å²) in [7, 11) is -3.99. The van der Waals surface area contributed by atoms with Crippen LogP contribution in [0, 0.1) is 5.82 Å². The van der Waals surface area contributed by atoms with Gasteiger partial charge in [0.15, 0.2) is 21.8 Å². The van der Waals surface area contributed by atoms with Crippen molar-refractivity contribution in [3.05, 3.63) is 48.3 Å². The van der Waals surface area contributed by atoms with Gasteiger partial charge in [-0.2, -0.15) is 0 Å². The molecular formula is C18H19FN2O6S. The zero-order chi connectivity index (χ0) is 20.9. The SMILES string of the molecule is CS(=O)(=O)c1c(-c2ccccc2)ccc(NC(=O)[C@H](CCO)OC(N)=O)c1F. The Morgan fingerprint density at radius 3 is 2.39 bits per heavy atom. The van der Waals surface area contributed by atoms with E-state index >= 15 is 4.39 Å². The molecule has 28 heavy (non-hydrogen) atoms. The van der Waals surface area contributed by atoms with Crippen molar-refractivity contribution in [2.75, 3.05) is 18.2 Å². The van der Waals surface area contributed by atoms with Crippen LogP contribution in [-0.2, 0) is 19.4 Å². The number of sulfone groups is 1. The summed E-state index contributed by atoms with van der Waals surface area (Å²) in [6.07, 6.45) is -2.12. The molecule has 0 fully saturated rings. The third-order valence-electron chi connectivity index (χ3n) is 3.75. The molecule has 0 radical (unpaired) electrons. The molecule has 0 saturated carbocycles. The molecule has 0 saturated heterocycles. The number of halogens is 1. The summed E-state index contributed by atoms with van der Waals surface area (Å²) in [4.78, 5) is 22.5. The molecule has 10 heteroatoms. The Hall–Kier alpha value is -2.98. The Morgan fingerprint density at radius 2 is 1.86 bits per heavy atom. The zero-order valence-corrected chi connectivity index (χ0v) is 15.7. The highest BCUT2D eigenvalue weighted by molar-refractivity contribution is 7.90. The van der Waals surface area contributed by atoms with Gasteiger partial charge in [-0.3, -0.25) is 4.79 Å². The number of amides is 2. The van der Waals surface area contributed by atoms with E-state index in [-0.39, 0.29) is 12.0 Å². The van der Waals surface area contributed by atoms with Gasteiger partial charge in [-0.25, -0.2) is 17.6 Å². The summed E-state index contributed by atoms with van der Waals surface area (Å²) in [5, 5.41) is 11.1. The molecule has 2 amide bonds. The number of primary amides is 1. The van der Waals surface area contributed by atoms with Crippen LogP contribution in [0.15, 0.2) is 47.4 Å². The van der Waals surface area contributed by atoms with E-state index in [0.29, 0.717) is 5.56 Å². The maximum absolute atomic E-state index is 15.0. The van der Waals surface area contributed by atoms with E-state index in [1.54, 1.807) is 30.3 Å². The summed E-state index contributed by atoms with van der Waals surface area (Å²) < 4.78 is 44.0. The summed E-state index contributed by atoms with van der Waals surface area (Å²) in [5.74, 6) is -2.11. The largest absolute Gasteiger partial charge is 0.436 e. The topological polar surface area (TPSA) is 136 Å². The first-order valence-corrected chi connectivity index (χ1v) is 10.00. The predicted octanol–water partition coefficient (Wildman–Crippen LogP) is 1.68. The molecule has 2 aromatic rings. The van der Waals surface area contributed by atoms with Crippen LogP contribution < -0.4 is 11.1 Å². The number of nitrogens with two attached hydrogens (primary N) is 1. The molecule has 0 spiro atoms. The monoisotopic (exact) mass is 410 g/mol. The minimum absolute atomic E-state index is 0.138. The Morgan fingerprint density at radius 1 is 1.21 bits per heavy atom. The lowest BCUT2D eigenvalue weighted by molar-refractivity contribution is -0.124. The van der Waals surface area contributed by atoms with Crippen molar-refractivity contribution in [1.82, 2.24) is 0 Å². The van der Waals surface area contributed by atoms with E-state index in [1.165, 1.54) is 12.1 Å². The summed E-state index contributed by atoms with van der Waals surface area (Å²) in [6.45, 7) is -0.491. The van der Waals surface area contributed by atoms with Crippen molar-refractivity contribution < 1.29 is 32.2 Å². The van der Waals surface area contributed by atoms with Gasteiger partial charge in [0.1, 0.15) is 4.90 Å². The van der Waals surface area contributed by atoms with E-state index in [0.717, 1.165) is 6.26 Å². The number of aliphatic hydroxyl groups is 1. The Kier molecular flexibility index (Phi) is 6.71. The van der Waals surface area contributed by atoms with Crippen LogP contribution in [0.2, 0.25) is 0 Å². The zero-order valence-electron chi connectivity index (χ0n) is 14.9. The maximum Gasteiger partial charge on any atom is 0.405 e. The van der Waals surface area contributed by atoms with Crippen LogP contribution in [0.1, 0.15) is 6.42 Å². The number of rotatable bonds is 7.